The van der Waals surface area contributed by atoms with Gasteiger partial charge in [0.15, 0.2) is 0 Å². The highest BCUT2D eigenvalue weighted by molar-refractivity contribution is 7.87. The Bertz CT molecular complexity index is 201. The first-order valence-corrected chi connectivity index (χ1v) is 5.47. The molecule has 0 atom stereocenters. The quantitative estimate of drug-likeness (QED) is 0.484. The molecule has 0 aliphatic heterocycles. The molecule has 0 saturated carbocycles. The van der Waals surface area contributed by atoms with E-state index >= 15 is 0 Å². The summed E-state index contributed by atoms with van der Waals surface area (Å²) >= 11 is 0. The highest BCUT2D eigenvalue weighted by atomic mass is 32.2. The number of hydrogen-bond donors (Lipinski definition) is 3. The van der Waals surface area contributed by atoms with E-state index in [1.165, 1.54) is 0 Å². The van der Waals surface area contributed by atoms with Crippen LogP contribution in [0.3, 0.4) is 0 Å². The van der Waals surface area contributed by atoms with Crippen LogP contribution >= 0.6 is 0 Å². The van der Waals surface area contributed by atoms with E-state index < -0.39 is 10.2 Å². The Morgan fingerprint density at radius 2 is 1.92 bits per heavy atom. The van der Waals surface area contributed by atoms with Crippen LogP contribution in [0.2, 0.25) is 0 Å². The molecule has 74 valence electrons. The van der Waals surface area contributed by atoms with Gasteiger partial charge in [0.05, 0.1) is 0 Å². The van der Waals surface area contributed by atoms with Gasteiger partial charge in [0, 0.05) is 12.6 Å². The minimum Gasteiger partial charge on any atom is -0.314 e. The highest BCUT2D eigenvalue weighted by Crippen LogP contribution is 1.79. The molecule has 0 fully saturated rings. The number of hydrogen-bond acceptors (Lipinski definition) is 3. The lowest BCUT2D eigenvalue weighted by molar-refractivity contribution is 0.555. The Kier molecular flexibility index (Phi) is 5.39. The van der Waals surface area contributed by atoms with Gasteiger partial charge in [-0.05, 0) is 13.0 Å². The topological polar surface area (TPSA) is 84.2 Å². The molecule has 0 radical (unpaired) electrons. The Hall–Kier alpha value is -0.170. The van der Waals surface area contributed by atoms with E-state index in [1.807, 2.05) is 13.8 Å². The van der Waals surface area contributed by atoms with Gasteiger partial charge in [-0.3, -0.25) is 0 Å². The van der Waals surface area contributed by atoms with Crippen molar-refractivity contribution in [2.24, 2.45) is 5.14 Å². The van der Waals surface area contributed by atoms with Crippen LogP contribution in [0.1, 0.15) is 20.3 Å². The standard InChI is InChI=1S/C6H17N3O2S/c1-6(2)8-4-3-5-9-12(7,10)11/h6,8-9H,3-5H2,1-2H3,(H2,7,10,11). The predicted octanol–water partition coefficient (Wildman–Crippen LogP) is -0.832. The van der Waals surface area contributed by atoms with E-state index in [0.29, 0.717) is 12.6 Å². The average molecular weight is 195 g/mol. The summed E-state index contributed by atoms with van der Waals surface area (Å²) in [6.07, 6.45) is 0.745. The van der Waals surface area contributed by atoms with Crippen LogP contribution in [0.4, 0.5) is 0 Å². The molecule has 0 spiro atoms. The van der Waals surface area contributed by atoms with E-state index in [-0.39, 0.29) is 0 Å². The zero-order valence-electron chi connectivity index (χ0n) is 7.50. The lowest BCUT2D eigenvalue weighted by Crippen LogP contribution is -2.33. The summed E-state index contributed by atoms with van der Waals surface area (Å²) in [6.45, 7) is 5.25. The number of rotatable bonds is 6. The molecular weight excluding hydrogens is 178 g/mol. The fourth-order valence-corrected chi connectivity index (χ4v) is 1.12. The first kappa shape index (κ1) is 11.8. The van der Waals surface area contributed by atoms with Gasteiger partial charge in [-0.15, -0.1) is 0 Å². The zero-order chi connectivity index (χ0) is 9.61. The van der Waals surface area contributed by atoms with Crippen molar-refractivity contribution in [3.05, 3.63) is 0 Å². The van der Waals surface area contributed by atoms with Crippen molar-refractivity contribution in [3.8, 4) is 0 Å². The maximum Gasteiger partial charge on any atom is 0.274 e. The molecule has 0 rings (SSSR count). The molecule has 4 N–H and O–H groups in total. The van der Waals surface area contributed by atoms with Crippen LogP contribution in [0.5, 0.6) is 0 Å². The second kappa shape index (κ2) is 5.47. The van der Waals surface area contributed by atoms with Gasteiger partial charge >= 0.3 is 0 Å². The number of nitrogens with one attached hydrogen (secondary N) is 2. The van der Waals surface area contributed by atoms with Crippen molar-refractivity contribution in [1.82, 2.24) is 10.0 Å². The van der Waals surface area contributed by atoms with Gasteiger partial charge in [-0.25, -0.2) is 9.86 Å². The van der Waals surface area contributed by atoms with E-state index in [2.05, 4.69) is 10.0 Å². The third kappa shape index (κ3) is 9.83. The lowest BCUT2D eigenvalue weighted by Gasteiger charge is -2.07. The molecule has 0 bridgehead atoms. The molecule has 0 aromatic heterocycles. The molecule has 6 heteroatoms. The highest BCUT2D eigenvalue weighted by Gasteiger charge is 1.98. The Morgan fingerprint density at radius 3 is 2.33 bits per heavy atom. The van der Waals surface area contributed by atoms with Crippen LogP contribution in [0.15, 0.2) is 0 Å². The van der Waals surface area contributed by atoms with Crippen LogP contribution in [0, 0.1) is 0 Å². The molecule has 0 aliphatic carbocycles. The Balaban J connectivity index is 3.23. The molecule has 0 aliphatic rings. The summed E-state index contributed by atoms with van der Waals surface area (Å²) in [4.78, 5) is 0. The van der Waals surface area contributed by atoms with E-state index in [1.54, 1.807) is 0 Å². The van der Waals surface area contributed by atoms with Crippen LogP contribution in [0.25, 0.3) is 0 Å². The average Bonchev–Trinajstić information content (AvgIpc) is 1.83. The summed E-state index contributed by atoms with van der Waals surface area (Å²) in [5.74, 6) is 0. The third-order valence-electron chi connectivity index (χ3n) is 1.21. The molecule has 0 saturated heterocycles. The van der Waals surface area contributed by atoms with Crippen molar-refractivity contribution >= 4 is 10.2 Å². The number of nitrogens with two attached hydrogens (primary N) is 1. The molecular formula is C6H17N3O2S. The minimum absolute atomic E-state index is 0.387. The SMILES string of the molecule is CC(C)NCCCNS(N)(=O)=O. The smallest absolute Gasteiger partial charge is 0.274 e. The van der Waals surface area contributed by atoms with E-state index in [9.17, 15) is 8.42 Å². The van der Waals surface area contributed by atoms with Gasteiger partial charge in [0.1, 0.15) is 0 Å². The van der Waals surface area contributed by atoms with Crippen molar-refractivity contribution in [2.75, 3.05) is 13.1 Å². The first-order chi connectivity index (χ1) is 5.42. The minimum atomic E-state index is -3.50. The largest absolute Gasteiger partial charge is 0.314 e. The summed E-state index contributed by atoms with van der Waals surface area (Å²) in [6, 6.07) is 0.430. The Morgan fingerprint density at radius 1 is 1.33 bits per heavy atom. The predicted molar refractivity (Wildman–Crippen MR) is 48.9 cm³/mol. The first-order valence-electron chi connectivity index (χ1n) is 3.92. The molecule has 5 nitrogen and oxygen atoms in total. The molecule has 0 aromatic rings. The molecule has 0 unspecified atom stereocenters. The second-order valence-electron chi connectivity index (χ2n) is 2.90. The van der Waals surface area contributed by atoms with Crippen molar-refractivity contribution in [1.29, 1.82) is 0 Å². The van der Waals surface area contributed by atoms with Crippen LogP contribution in [-0.2, 0) is 10.2 Å². The van der Waals surface area contributed by atoms with Gasteiger partial charge in [-0.2, -0.15) is 8.42 Å². The summed E-state index contributed by atoms with van der Waals surface area (Å²) < 4.78 is 23.0. The van der Waals surface area contributed by atoms with Crippen molar-refractivity contribution < 1.29 is 8.42 Å². The molecule has 0 heterocycles. The van der Waals surface area contributed by atoms with Crippen LogP contribution < -0.4 is 15.2 Å². The van der Waals surface area contributed by atoms with Gasteiger partial charge in [0.2, 0.25) is 0 Å². The normalized spacial score (nSPS) is 12.3. The van der Waals surface area contributed by atoms with E-state index in [0.717, 1.165) is 13.0 Å². The second-order valence-corrected chi connectivity index (χ2v) is 4.28. The monoisotopic (exact) mass is 195 g/mol. The lowest BCUT2D eigenvalue weighted by atomic mass is 10.3. The maximum atomic E-state index is 10.4. The third-order valence-corrected chi connectivity index (χ3v) is 1.82. The fraction of sp³-hybridized carbons (Fsp3) is 1.00. The van der Waals surface area contributed by atoms with Crippen molar-refractivity contribution in [3.63, 3.8) is 0 Å². The van der Waals surface area contributed by atoms with Crippen molar-refractivity contribution in [2.45, 2.75) is 26.3 Å². The Labute approximate surface area is 73.9 Å². The molecule has 0 amide bonds. The fourth-order valence-electron chi connectivity index (χ4n) is 0.694. The molecule has 12 heavy (non-hydrogen) atoms. The summed E-state index contributed by atoms with van der Waals surface area (Å²) in [5.41, 5.74) is 0. The van der Waals surface area contributed by atoms with Gasteiger partial charge in [0.25, 0.3) is 10.2 Å². The maximum absolute atomic E-state index is 10.4. The van der Waals surface area contributed by atoms with Crippen LogP contribution in [-0.4, -0.2) is 27.5 Å². The van der Waals surface area contributed by atoms with Gasteiger partial charge < -0.3 is 5.32 Å². The zero-order valence-corrected chi connectivity index (χ0v) is 8.32. The van der Waals surface area contributed by atoms with E-state index in [4.69, 9.17) is 5.14 Å². The molecule has 0 aromatic carbocycles. The summed E-state index contributed by atoms with van der Waals surface area (Å²) in [5, 5.41) is 7.87. The van der Waals surface area contributed by atoms with Gasteiger partial charge in [-0.1, -0.05) is 13.8 Å². The summed E-state index contributed by atoms with van der Waals surface area (Å²) in [7, 11) is -3.50.